The summed E-state index contributed by atoms with van der Waals surface area (Å²) in [4.78, 5) is 38.4. The van der Waals surface area contributed by atoms with Crippen molar-refractivity contribution in [2.45, 2.75) is 341 Å². The minimum Gasteiger partial charge on any atom is -0.462 e. The molecule has 0 aromatic rings. The predicted octanol–water partition coefficient (Wildman–Crippen LogP) is 22.5. The van der Waals surface area contributed by atoms with Gasteiger partial charge in [0.25, 0.3) is 0 Å². The van der Waals surface area contributed by atoms with Crippen molar-refractivity contribution in [3.8, 4) is 0 Å². The van der Waals surface area contributed by atoms with Crippen LogP contribution < -0.4 is 0 Å². The molecule has 0 radical (unpaired) electrons. The van der Waals surface area contributed by atoms with Gasteiger partial charge in [-0.3, -0.25) is 14.4 Å². The van der Waals surface area contributed by atoms with E-state index < -0.39 is 6.10 Å². The first-order valence-corrected chi connectivity index (χ1v) is 32.9. The van der Waals surface area contributed by atoms with E-state index in [-0.39, 0.29) is 31.1 Å². The van der Waals surface area contributed by atoms with Gasteiger partial charge in [-0.25, -0.2) is 0 Å². The first-order chi connectivity index (χ1) is 37.5. The fourth-order valence-corrected chi connectivity index (χ4v) is 9.42. The van der Waals surface area contributed by atoms with Crippen LogP contribution >= 0.6 is 0 Å². The molecule has 0 spiro atoms. The molecule has 0 saturated heterocycles. The highest BCUT2D eigenvalue weighted by atomic mass is 16.6. The fourth-order valence-electron chi connectivity index (χ4n) is 9.42. The molecule has 76 heavy (non-hydrogen) atoms. The Hall–Kier alpha value is -3.15. The average Bonchev–Trinajstić information content (AvgIpc) is 3.42. The first kappa shape index (κ1) is 72.8. The molecule has 0 aromatic heterocycles. The summed E-state index contributed by atoms with van der Waals surface area (Å²) in [5.74, 6) is -0.886. The molecule has 0 aliphatic carbocycles. The van der Waals surface area contributed by atoms with Crippen LogP contribution in [0.25, 0.3) is 0 Å². The van der Waals surface area contributed by atoms with Gasteiger partial charge in [-0.2, -0.15) is 0 Å². The second kappa shape index (κ2) is 64.4. The Bertz CT molecular complexity index is 1400. The molecule has 1 unspecified atom stereocenters. The highest BCUT2D eigenvalue weighted by Gasteiger charge is 2.19. The van der Waals surface area contributed by atoms with Gasteiger partial charge in [0.05, 0.1) is 0 Å². The molecule has 0 bridgehead atoms. The molecular formula is C70H124O6. The van der Waals surface area contributed by atoms with E-state index in [1.54, 1.807) is 0 Å². The number of allylic oxidation sites excluding steroid dienone is 12. The highest BCUT2D eigenvalue weighted by molar-refractivity contribution is 5.71. The normalized spacial score (nSPS) is 12.5. The second-order valence-corrected chi connectivity index (χ2v) is 22.0. The zero-order chi connectivity index (χ0) is 55.0. The lowest BCUT2D eigenvalue weighted by Crippen LogP contribution is -2.30. The standard InChI is InChI=1S/C70H124O6/c1-4-7-10-13-16-19-22-25-28-31-33-34-35-36-37-40-42-45-48-51-54-57-60-63-69(72)75-66-67(65-74-68(71)62-59-56-53-50-47-44-41-38-30-27-24-21-18-15-12-9-6-3)76-70(73)64-61-58-55-52-49-46-43-39-32-29-26-23-20-17-14-11-8-5-2/h20,22-23,25,27,29-33,35-36,67H,4-19,21,24,26,28,34,37-66H2,1-3H3/b23-20-,25-22-,30-27-,32-29-,33-31-,36-35-. The minimum absolute atomic E-state index is 0.0820. The third kappa shape index (κ3) is 61.7. The van der Waals surface area contributed by atoms with Gasteiger partial charge < -0.3 is 14.2 Å². The maximum absolute atomic E-state index is 12.9. The van der Waals surface area contributed by atoms with Crippen LogP contribution in [0.2, 0.25) is 0 Å². The van der Waals surface area contributed by atoms with Crippen molar-refractivity contribution in [1.82, 2.24) is 0 Å². The van der Waals surface area contributed by atoms with E-state index in [2.05, 4.69) is 93.7 Å². The summed E-state index contributed by atoms with van der Waals surface area (Å²) in [6.07, 6.45) is 83.3. The zero-order valence-corrected chi connectivity index (χ0v) is 50.5. The number of carbonyl (C=O) groups is 3. The molecule has 6 heteroatoms. The summed E-state index contributed by atoms with van der Waals surface area (Å²) < 4.78 is 16.9. The molecule has 1 atom stereocenters. The van der Waals surface area contributed by atoms with Crippen LogP contribution in [0.3, 0.4) is 0 Å². The van der Waals surface area contributed by atoms with Crippen molar-refractivity contribution >= 4 is 17.9 Å². The summed E-state index contributed by atoms with van der Waals surface area (Å²) in [6, 6.07) is 0. The average molecular weight is 1060 g/mol. The molecule has 0 amide bonds. The third-order valence-corrected chi connectivity index (χ3v) is 14.4. The van der Waals surface area contributed by atoms with Gasteiger partial charge in [0.15, 0.2) is 6.10 Å². The molecule has 0 aromatic carbocycles. The number of carbonyl (C=O) groups excluding carboxylic acids is 3. The van der Waals surface area contributed by atoms with Crippen LogP contribution in [0.1, 0.15) is 335 Å². The van der Waals surface area contributed by atoms with Gasteiger partial charge in [-0.1, -0.05) is 273 Å². The van der Waals surface area contributed by atoms with Crippen molar-refractivity contribution in [2.24, 2.45) is 0 Å². The van der Waals surface area contributed by atoms with Gasteiger partial charge in [0.2, 0.25) is 0 Å². The SMILES string of the molecule is CCCCCC/C=C\C/C=C\CCCCCCCCCC(=O)OC(COC(=O)CCCCCCCCC/C=C\CCCCCCCC)COC(=O)CCCCCCCCCC/C=C\C/C=C\C/C=C\CCCCCCC. The summed E-state index contributed by atoms with van der Waals surface area (Å²) in [5.41, 5.74) is 0. The van der Waals surface area contributed by atoms with Gasteiger partial charge in [-0.15, -0.1) is 0 Å². The largest absolute Gasteiger partial charge is 0.462 e. The molecule has 0 fully saturated rings. The Balaban J connectivity index is 4.38. The van der Waals surface area contributed by atoms with Crippen molar-refractivity contribution in [1.29, 1.82) is 0 Å². The summed E-state index contributed by atoms with van der Waals surface area (Å²) >= 11 is 0. The van der Waals surface area contributed by atoms with Crippen LogP contribution in [0.15, 0.2) is 72.9 Å². The molecule has 6 nitrogen and oxygen atoms in total. The van der Waals surface area contributed by atoms with E-state index in [9.17, 15) is 14.4 Å². The number of hydrogen-bond donors (Lipinski definition) is 0. The molecular weight excluding hydrogens is 937 g/mol. The Labute approximate surface area is 472 Å². The Kier molecular flexibility index (Phi) is 61.7. The highest BCUT2D eigenvalue weighted by Crippen LogP contribution is 2.16. The van der Waals surface area contributed by atoms with Gasteiger partial charge in [0, 0.05) is 19.3 Å². The van der Waals surface area contributed by atoms with E-state index in [0.717, 1.165) is 89.9 Å². The van der Waals surface area contributed by atoms with E-state index in [1.807, 2.05) is 0 Å². The maximum atomic E-state index is 12.9. The van der Waals surface area contributed by atoms with E-state index in [0.29, 0.717) is 19.3 Å². The second-order valence-electron chi connectivity index (χ2n) is 22.0. The Morgan fingerprint density at radius 3 is 0.763 bits per heavy atom. The smallest absolute Gasteiger partial charge is 0.306 e. The lowest BCUT2D eigenvalue weighted by molar-refractivity contribution is -0.167. The van der Waals surface area contributed by atoms with Crippen LogP contribution in [0.5, 0.6) is 0 Å². The third-order valence-electron chi connectivity index (χ3n) is 14.4. The van der Waals surface area contributed by atoms with E-state index >= 15 is 0 Å². The number of esters is 3. The summed E-state index contributed by atoms with van der Waals surface area (Å²) in [7, 11) is 0. The lowest BCUT2D eigenvalue weighted by Gasteiger charge is -2.18. The molecule has 0 heterocycles. The van der Waals surface area contributed by atoms with Crippen molar-refractivity contribution in [3.63, 3.8) is 0 Å². The molecule has 440 valence electrons. The number of unbranched alkanes of at least 4 members (excludes halogenated alkanes) is 37. The monoisotopic (exact) mass is 1060 g/mol. The summed E-state index contributed by atoms with van der Waals surface area (Å²) in [6.45, 7) is 6.63. The zero-order valence-electron chi connectivity index (χ0n) is 50.5. The first-order valence-electron chi connectivity index (χ1n) is 32.9. The van der Waals surface area contributed by atoms with Gasteiger partial charge in [-0.05, 0) is 116 Å². The van der Waals surface area contributed by atoms with Crippen molar-refractivity contribution in [2.75, 3.05) is 13.2 Å². The maximum Gasteiger partial charge on any atom is 0.306 e. The van der Waals surface area contributed by atoms with E-state index in [4.69, 9.17) is 14.2 Å². The van der Waals surface area contributed by atoms with Crippen LogP contribution in [0.4, 0.5) is 0 Å². The number of rotatable bonds is 60. The van der Waals surface area contributed by atoms with Gasteiger partial charge >= 0.3 is 17.9 Å². The van der Waals surface area contributed by atoms with Crippen LogP contribution in [0, 0.1) is 0 Å². The Morgan fingerprint density at radius 2 is 0.474 bits per heavy atom. The lowest BCUT2D eigenvalue weighted by atomic mass is 10.1. The fraction of sp³-hybridized carbons (Fsp3) is 0.786. The van der Waals surface area contributed by atoms with E-state index in [1.165, 1.54) is 205 Å². The van der Waals surface area contributed by atoms with Crippen molar-refractivity contribution < 1.29 is 28.6 Å². The molecule has 0 N–H and O–H groups in total. The summed E-state index contributed by atoms with van der Waals surface area (Å²) in [5, 5.41) is 0. The minimum atomic E-state index is -0.786. The number of hydrogen-bond acceptors (Lipinski definition) is 6. The predicted molar refractivity (Wildman–Crippen MR) is 330 cm³/mol. The molecule has 0 aliphatic rings. The molecule has 0 rings (SSSR count). The quantitative estimate of drug-likeness (QED) is 0.0261. The van der Waals surface area contributed by atoms with Crippen LogP contribution in [-0.4, -0.2) is 37.2 Å². The molecule has 0 saturated carbocycles. The van der Waals surface area contributed by atoms with Gasteiger partial charge in [0.1, 0.15) is 13.2 Å². The topological polar surface area (TPSA) is 78.9 Å². The Morgan fingerprint density at radius 1 is 0.263 bits per heavy atom. The number of ether oxygens (including phenoxy) is 3. The molecule has 0 aliphatic heterocycles. The van der Waals surface area contributed by atoms with Crippen LogP contribution in [-0.2, 0) is 28.6 Å². The van der Waals surface area contributed by atoms with Crippen molar-refractivity contribution in [3.05, 3.63) is 72.9 Å².